The Balaban J connectivity index is 2.34. The number of halogens is 3. The SMILES string of the molecule is O=C(Nc1cccnc1Br)c1cc(F)c([N+](=O)[O-])cc1F. The van der Waals surface area contributed by atoms with Crippen LogP contribution >= 0.6 is 15.9 Å². The highest BCUT2D eigenvalue weighted by molar-refractivity contribution is 9.10. The maximum Gasteiger partial charge on any atom is 0.307 e. The normalized spacial score (nSPS) is 10.2. The number of benzene rings is 1. The zero-order chi connectivity index (χ0) is 15.6. The van der Waals surface area contributed by atoms with Gasteiger partial charge in [0.2, 0.25) is 5.82 Å². The lowest BCUT2D eigenvalue weighted by atomic mass is 10.1. The van der Waals surface area contributed by atoms with Crippen LogP contribution in [-0.4, -0.2) is 15.8 Å². The number of hydrogen-bond acceptors (Lipinski definition) is 4. The van der Waals surface area contributed by atoms with E-state index in [2.05, 4.69) is 26.2 Å². The minimum atomic E-state index is -1.29. The lowest BCUT2D eigenvalue weighted by Crippen LogP contribution is -2.15. The van der Waals surface area contributed by atoms with Crippen LogP contribution in [0.15, 0.2) is 35.1 Å². The summed E-state index contributed by atoms with van der Waals surface area (Å²) >= 11 is 3.08. The third-order valence-corrected chi connectivity index (χ3v) is 3.12. The molecule has 0 fully saturated rings. The molecule has 0 aliphatic carbocycles. The van der Waals surface area contributed by atoms with Gasteiger partial charge in [0.25, 0.3) is 5.91 Å². The highest BCUT2D eigenvalue weighted by atomic mass is 79.9. The number of aromatic nitrogens is 1. The van der Waals surface area contributed by atoms with E-state index >= 15 is 0 Å². The summed E-state index contributed by atoms with van der Waals surface area (Å²) in [5, 5.41) is 12.8. The number of amides is 1. The monoisotopic (exact) mass is 357 g/mol. The zero-order valence-electron chi connectivity index (χ0n) is 10.1. The molecule has 1 aromatic carbocycles. The summed E-state index contributed by atoms with van der Waals surface area (Å²) in [6, 6.07) is 3.87. The molecule has 6 nitrogen and oxygen atoms in total. The molecule has 0 bridgehead atoms. The number of nitro benzene ring substituents is 1. The molecule has 2 aromatic rings. The molecule has 1 aromatic heterocycles. The first-order valence-electron chi connectivity index (χ1n) is 5.45. The molecule has 0 unspecified atom stereocenters. The van der Waals surface area contributed by atoms with Gasteiger partial charge in [0.05, 0.1) is 22.2 Å². The van der Waals surface area contributed by atoms with E-state index < -0.39 is 33.7 Å². The number of nitro groups is 1. The summed E-state index contributed by atoms with van der Waals surface area (Å²) in [5.74, 6) is -3.44. The first-order chi connectivity index (χ1) is 9.90. The van der Waals surface area contributed by atoms with Gasteiger partial charge in [0.15, 0.2) is 0 Å². The lowest BCUT2D eigenvalue weighted by Gasteiger charge is -2.07. The smallest absolute Gasteiger partial charge is 0.307 e. The van der Waals surface area contributed by atoms with Gasteiger partial charge in [0.1, 0.15) is 10.4 Å². The Morgan fingerprint density at radius 3 is 2.67 bits per heavy atom. The van der Waals surface area contributed by atoms with Crippen LogP contribution in [0.1, 0.15) is 10.4 Å². The van der Waals surface area contributed by atoms with Crippen molar-refractivity contribution in [3.05, 3.63) is 62.4 Å². The largest absolute Gasteiger partial charge is 0.320 e. The van der Waals surface area contributed by atoms with Crippen LogP contribution in [-0.2, 0) is 0 Å². The molecule has 1 N–H and O–H groups in total. The summed E-state index contributed by atoms with van der Waals surface area (Å²) in [4.78, 5) is 25.1. The van der Waals surface area contributed by atoms with Crippen LogP contribution in [0.3, 0.4) is 0 Å². The molecule has 0 atom stereocenters. The molecule has 21 heavy (non-hydrogen) atoms. The molecule has 0 radical (unpaired) electrons. The summed E-state index contributed by atoms with van der Waals surface area (Å²) in [7, 11) is 0. The van der Waals surface area contributed by atoms with E-state index in [-0.39, 0.29) is 5.69 Å². The van der Waals surface area contributed by atoms with Crippen LogP contribution < -0.4 is 5.32 Å². The molecule has 2 rings (SSSR count). The number of carbonyl (C=O) groups is 1. The van der Waals surface area contributed by atoms with Crippen LogP contribution in [0.25, 0.3) is 0 Å². The highest BCUT2D eigenvalue weighted by Gasteiger charge is 2.22. The average Bonchev–Trinajstić information content (AvgIpc) is 2.43. The Kier molecular flexibility index (Phi) is 4.22. The second kappa shape index (κ2) is 5.92. The van der Waals surface area contributed by atoms with Gasteiger partial charge in [-0.15, -0.1) is 0 Å². The molecule has 0 saturated carbocycles. The zero-order valence-corrected chi connectivity index (χ0v) is 11.7. The fourth-order valence-electron chi connectivity index (χ4n) is 1.52. The minimum absolute atomic E-state index is 0.251. The van der Waals surface area contributed by atoms with Crippen molar-refractivity contribution in [2.24, 2.45) is 0 Å². The van der Waals surface area contributed by atoms with Crippen LogP contribution in [0, 0.1) is 21.7 Å². The van der Waals surface area contributed by atoms with Crippen molar-refractivity contribution in [2.45, 2.75) is 0 Å². The van der Waals surface area contributed by atoms with E-state index in [9.17, 15) is 23.7 Å². The van der Waals surface area contributed by atoms with Gasteiger partial charge in [-0.05, 0) is 34.1 Å². The van der Waals surface area contributed by atoms with Gasteiger partial charge in [-0.2, -0.15) is 4.39 Å². The minimum Gasteiger partial charge on any atom is -0.320 e. The summed E-state index contributed by atoms with van der Waals surface area (Å²) in [6.45, 7) is 0. The summed E-state index contributed by atoms with van der Waals surface area (Å²) in [5.41, 5.74) is -1.43. The van der Waals surface area contributed by atoms with Crippen molar-refractivity contribution >= 4 is 33.2 Å². The Labute approximate surface area is 125 Å². The molecular formula is C12H6BrF2N3O3. The number of pyridine rings is 1. The summed E-state index contributed by atoms with van der Waals surface area (Å²) < 4.78 is 27.4. The van der Waals surface area contributed by atoms with Gasteiger partial charge in [-0.3, -0.25) is 14.9 Å². The van der Waals surface area contributed by atoms with E-state index in [0.29, 0.717) is 16.7 Å². The maximum absolute atomic E-state index is 13.7. The van der Waals surface area contributed by atoms with E-state index in [1.54, 1.807) is 0 Å². The van der Waals surface area contributed by atoms with Gasteiger partial charge in [-0.25, -0.2) is 9.37 Å². The molecule has 0 spiro atoms. The number of carbonyl (C=O) groups excluding carboxylic acids is 1. The fraction of sp³-hybridized carbons (Fsp3) is 0. The second-order valence-electron chi connectivity index (χ2n) is 3.84. The number of anilines is 1. The van der Waals surface area contributed by atoms with E-state index in [0.717, 1.165) is 0 Å². The van der Waals surface area contributed by atoms with Crippen molar-refractivity contribution in [2.75, 3.05) is 5.32 Å². The Morgan fingerprint density at radius 2 is 2.05 bits per heavy atom. The van der Waals surface area contributed by atoms with Crippen molar-refractivity contribution in [1.29, 1.82) is 0 Å². The van der Waals surface area contributed by atoms with Crippen molar-refractivity contribution in [3.63, 3.8) is 0 Å². The predicted molar refractivity (Wildman–Crippen MR) is 72.9 cm³/mol. The Bertz CT molecular complexity index is 740. The third kappa shape index (κ3) is 3.19. The molecule has 108 valence electrons. The van der Waals surface area contributed by atoms with Crippen molar-refractivity contribution in [1.82, 2.24) is 4.98 Å². The third-order valence-electron chi connectivity index (χ3n) is 2.49. The van der Waals surface area contributed by atoms with Crippen molar-refractivity contribution in [3.8, 4) is 0 Å². The number of rotatable bonds is 3. The quantitative estimate of drug-likeness (QED) is 0.518. The predicted octanol–water partition coefficient (Wildman–Crippen LogP) is 3.28. The first-order valence-corrected chi connectivity index (χ1v) is 6.24. The van der Waals surface area contributed by atoms with Crippen molar-refractivity contribution < 1.29 is 18.5 Å². The van der Waals surface area contributed by atoms with Crippen LogP contribution in [0.5, 0.6) is 0 Å². The maximum atomic E-state index is 13.7. The van der Waals surface area contributed by atoms with Gasteiger partial charge in [-0.1, -0.05) is 0 Å². The highest BCUT2D eigenvalue weighted by Crippen LogP contribution is 2.23. The lowest BCUT2D eigenvalue weighted by molar-refractivity contribution is -0.387. The Hall–Kier alpha value is -2.42. The van der Waals surface area contributed by atoms with E-state index in [1.165, 1.54) is 18.3 Å². The van der Waals surface area contributed by atoms with Gasteiger partial charge in [0, 0.05) is 6.20 Å². The average molecular weight is 358 g/mol. The molecule has 0 aliphatic heterocycles. The standard InChI is InChI=1S/C12H6BrF2N3O3/c13-11-9(2-1-3-16-11)17-12(19)6-4-8(15)10(18(20)21)5-7(6)14/h1-5H,(H,17,19). The first kappa shape index (κ1) is 15.0. The fourth-order valence-corrected chi connectivity index (χ4v) is 1.87. The van der Waals surface area contributed by atoms with E-state index in [1.807, 2.05) is 0 Å². The van der Waals surface area contributed by atoms with E-state index in [4.69, 9.17) is 0 Å². The molecular weight excluding hydrogens is 352 g/mol. The molecule has 1 heterocycles. The van der Waals surface area contributed by atoms with Gasteiger partial charge < -0.3 is 5.32 Å². The topological polar surface area (TPSA) is 85.1 Å². The molecule has 1 amide bonds. The van der Waals surface area contributed by atoms with Crippen LogP contribution in [0.2, 0.25) is 0 Å². The summed E-state index contributed by atoms with van der Waals surface area (Å²) in [6.07, 6.45) is 1.46. The molecule has 0 aliphatic rings. The number of nitrogens with one attached hydrogen (secondary N) is 1. The molecule has 9 heteroatoms. The number of hydrogen-bond donors (Lipinski definition) is 1. The Morgan fingerprint density at radius 1 is 1.33 bits per heavy atom. The second-order valence-corrected chi connectivity index (χ2v) is 4.59. The molecule has 0 saturated heterocycles. The van der Waals surface area contributed by atoms with Crippen LogP contribution in [0.4, 0.5) is 20.2 Å². The number of nitrogens with zero attached hydrogens (tertiary/aromatic N) is 2. The van der Waals surface area contributed by atoms with Gasteiger partial charge >= 0.3 is 5.69 Å².